The summed E-state index contributed by atoms with van der Waals surface area (Å²) in [5.41, 5.74) is 3.86. The van der Waals surface area contributed by atoms with Gasteiger partial charge in [0.15, 0.2) is 12.7 Å². The molecule has 44 heavy (non-hydrogen) atoms. The fraction of sp³-hybridized carbons (Fsp3) is 0.364. The van der Waals surface area contributed by atoms with E-state index in [0.29, 0.717) is 21.2 Å². The monoisotopic (exact) mass is 627 g/mol. The summed E-state index contributed by atoms with van der Waals surface area (Å²) in [6, 6.07) is 16.8. The first-order valence-corrected chi connectivity index (χ1v) is 14.6. The first-order chi connectivity index (χ1) is 20.8. The molecule has 0 saturated carbocycles. The number of halogens is 3. The minimum Gasteiger partial charge on any atom is -0.483 e. The number of carbonyl (C=O) groups excluding carboxylic acids is 3. The lowest BCUT2D eigenvalue weighted by Crippen LogP contribution is -2.56. The van der Waals surface area contributed by atoms with Gasteiger partial charge in [-0.1, -0.05) is 66.2 Å². The second kappa shape index (κ2) is 14.2. The summed E-state index contributed by atoms with van der Waals surface area (Å²) in [6.07, 6.45) is -2.78. The van der Waals surface area contributed by atoms with E-state index in [2.05, 4.69) is 10.6 Å². The topological polar surface area (TPSA) is 108 Å². The van der Waals surface area contributed by atoms with E-state index in [4.69, 9.17) is 16.3 Å². The van der Waals surface area contributed by atoms with Crippen molar-refractivity contribution < 1.29 is 33.0 Å². The molecule has 1 heterocycles. The Bertz CT molecular complexity index is 1480. The fourth-order valence-electron chi connectivity index (χ4n) is 5.35. The van der Waals surface area contributed by atoms with Crippen LogP contribution in [0.4, 0.5) is 8.78 Å². The van der Waals surface area contributed by atoms with Gasteiger partial charge in [0, 0.05) is 18.0 Å². The van der Waals surface area contributed by atoms with E-state index in [9.17, 15) is 28.3 Å². The molecule has 0 aliphatic carbocycles. The predicted molar refractivity (Wildman–Crippen MR) is 163 cm³/mol. The maximum atomic E-state index is 14.6. The zero-order valence-corrected chi connectivity index (χ0v) is 25.5. The lowest BCUT2D eigenvalue weighted by Gasteiger charge is -2.30. The Morgan fingerprint density at radius 1 is 1.02 bits per heavy atom. The third kappa shape index (κ3) is 8.33. The Hall–Kier alpha value is -4.02. The van der Waals surface area contributed by atoms with Gasteiger partial charge in [-0.3, -0.25) is 14.4 Å². The van der Waals surface area contributed by atoms with E-state index >= 15 is 0 Å². The Morgan fingerprint density at radius 2 is 1.66 bits per heavy atom. The van der Waals surface area contributed by atoms with Crippen molar-refractivity contribution in [3.63, 3.8) is 0 Å². The summed E-state index contributed by atoms with van der Waals surface area (Å²) < 4.78 is 35.0. The number of hydrogen-bond donors (Lipinski definition) is 3. The van der Waals surface area contributed by atoms with Crippen LogP contribution >= 0.6 is 11.6 Å². The number of nitrogens with one attached hydrogen (secondary N) is 2. The number of rotatable bonds is 11. The molecule has 3 unspecified atom stereocenters. The van der Waals surface area contributed by atoms with Gasteiger partial charge in [0.1, 0.15) is 11.8 Å². The quantitative estimate of drug-likeness (QED) is 0.294. The largest absolute Gasteiger partial charge is 0.483 e. The first-order valence-electron chi connectivity index (χ1n) is 14.3. The lowest BCUT2D eigenvalue weighted by atomic mass is 9.99. The SMILES string of the molecule is Cc1ccccc1CNC(=O)C1CC(F)(F)CN1C(=O)C(O)C(Cc1ccccc1)NC(=O)COc1c(C)cc(Cl)cc1C. The van der Waals surface area contributed by atoms with Gasteiger partial charge < -0.3 is 25.4 Å². The molecule has 3 atom stereocenters. The molecule has 11 heteroatoms. The van der Waals surface area contributed by atoms with Crippen molar-refractivity contribution in [2.75, 3.05) is 13.2 Å². The van der Waals surface area contributed by atoms with Gasteiger partial charge in [-0.05, 0) is 67.1 Å². The zero-order valence-electron chi connectivity index (χ0n) is 24.8. The summed E-state index contributed by atoms with van der Waals surface area (Å²) in [7, 11) is 0. The van der Waals surface area contributed by atoms with Crippen molar-refractivity contribution in [3.05, 3.63) is 99.6 Å². The normalized spacial score (nSPS) is 17.1. The van der Waals surface area contributed by atoms with Crippen LogP contribution in [-0.4, -0.2) is 65.0 Å². The Kier molecular flexibility index (Phi) is 10.6. The molecule has 234 valence electrons. The van der Waals surface area contributed by atoms with Crippen LogP contribution in [0.5, 0.6) is 5.75 Å². The van der Waals surface area contributed by atoms with Crippen LogP contribution in [0.25, 0.3) is 0 Å². The van der Waals surface area contributed by atoms with Crippen molar-refractivity contribution >= 4 is 29.3 Å². The fourth-order valence-corrected chi connectivity index (χ4v) is 5.68. The van der Waals surface area contributed by atoms with E-state index in [1.807, 2.05) is 25.1 Å². The van der Waals surface area contributed by atoms with Crippen molar-refractivity contribution in [1.29, 1.82) is 0 Å². The summed E-state index contributed by atoms with van der Waals surface area (Å²) >= 11 is 6.08. The number of alkyl halides is 2. The van der Waals surface area contributed by atoms with Crippen molar-refractivity contribution in [2.45, 2.75) is 64.3 Å². The zero-order chi connectivity index (χ0) is 32.0. The van der Waals surface area contributed by atoms with Gasteiger partial charge in [-0.2, -0.15) is 0 Å². The molecule has 3 aromatic rings. The molecule has 1 fully saturated rings. The predicted octanol–water partition coefficient (Wildman–Crippen LogP) is 4.29. The molecular weight excluding hydrogens is 592 g/mol. The van der Waals surface area contributed by atoms with E-state index in [1.165, 1.54) is 0 Å². The van der Waals surface area contributed by atoms with E-state index in [1.54, 1.807) is 62.4 Å². The van der Waals surface area contributed by atoms with Crippen molar-refractivity contribution in [2.24, 2.45) is 0 Å². The van der Waals surface area contributed by atoms with Crippen LogP contribution in [0, 0.1) is 20.8 Å². The highest BCUT2D eigenvalue weighted by atomic mass is 35.5. The number of hydrogen-bond acceptors (Lipinski definition) is 5. The molecular formula is C33H36ClF2N3O5. The Morgan fingerprint density at radius 3 is 2.32 bits per heavy atom. The number of aryl methyl sites for hydroxylation is 3. The molecule has 1 aliphatic rings. The van der Waals surface area contributed by atoms with E-state index in [0.717, 1.165) is 22.3 Å². The van der Waals surface area contributed by atoms with Gasteiger partial charge in [0.25, 0.3) is 17.7 Å². The van der Waals surface area contributed by atoms with Crippen LogP contribution in [0.15, 0.2) is 66.7 Å². The van der Waals surface area contributed by atoms with Gasteiger partial charge >= 0.3 is 0 Å². The maximum Gasteiger partial charge on any atom is 0.267 e. The second-order valence-corrected chi connectivity index (χ2v) is 11.6. The highest BCUT2D eigenvalue weighted by Gasteiger charge is 2.51. The van der Waals surface area contributed by atoms with Crippen LogP contribution in [0.2, 0.25) is 5.02 Å². The van der Waals surface area contributed by atoms with Gasteiger partial charge in [0.2, 0.25) is 5.91 Å². The summed E-state index contributed by atoms with van der Waals surface area (Å²) in [4.78, 5) is 40.3. The molecule has 3 aromatic carbocycles. The molecule has 8 nitrogen and oxygen atoms in total. The summed E-state index contributed by atoms with van der Waals surface area (Å²) in [5, 5.41) is 17.0. The molecule has 1 saturated heterocycles. The Balaban J connectivity index is 1.49. The molecule has 1 aliphatic heterocycles. The second-order valence-electron chi connectivity index (χ2n) is 11.2. The van der Waals surface area contributed by atoms with Crippen LogP contribution < -0.4 is 15.4 Å². The number of aliphatic hydroxyl groups excluding tert-OH is 1. The maximum absolute atomic E-state index is 14.6. The number of benzene rings is 3. The summed E-state index contributed by atoms with van der Waals surface area (Å²) in [6.45, 7) is 4.06. The molecule has 0 aromatic heterocycles. The third-order valence-corrected chi connectivity index (χ3v) is 7.84. The average molecular weight is 628 g/mol. The van der Waals surface area contributed by atoms with E-state index < -0.39 is 61.4 Å². The minimum absolute atomic E-state index is 0.0207. The first kappa shape index (κ1) is 32.9. The minimum atomic E-state index is -3.33. The molecule has 0 bridgehead atoms. The highest BCUT2D eigenvalue weighted by Crippen LogP contribution is 2.33. The summed E-state index contributed by atoms with van der Waals surface area (Å²) in [5.74, 6) is -5.33. The number of carbonyl (C=O) groups is 3. The van der Waals surface area contributed by atoms with Crippen LogP contribution in [0.3, 0.4) is 0 Å². The third-order valence-electron chi connectivity index (χ3n) is 7.62. The molecule has 4 rings (SSSR count). The van der Waals surface area contributed by atoms with Crippen LogP contribution in [-0.2, 0) is 27.3 Å². The number of aliphatic hydroxyl groups is 1. The van der Waals surface area contributed by atoms with E-state index in [-0.39, 0.29) is 13.0 Å². The standard InChI is InChI=1S/C33H36ClF2N3O5/c1-20-9-7-8-12-24(20)17-37-31(42)27-16-33(35,36)19-39(27)32(43)29(41)26(15-23-10-5-4-6-11-23)38-28(40)18-44-30-21(2)13-25(34)14-22(30)3/h4-14,26-27,29,41H,15-19H2,1-3H3,(H,37,42)(H,38,40). The smallest absolute Gasteiger partial charge is 0.267 e. The number of likely N-dealkylation sites (tertiary alicyclic amines) is 1. The Labute approximate surface area is 260 Å². The van der Waals surface area contributed by atoms with Gasteiger partial charge in [-0.25, -0.2) is 8.78 Å². The molecule has 0 radical (unpaired) electrons. The van der Waals surface area contributed by atoms with Crippen LogP contribution in [0.1, 0.15) is 34.2 Å². The number of ether oxygens (including phenoxy) is 1. The lowest BCUT2D eigenvalue weighted by molar-refractivity contribution is -0.147. The highest BCUT2D eigenvalue weighted by molar-refractivity contribution is 6.30. The average Bonchev–Trinajstić information content (AvgIpc) is 3.30. The number of nitrogens with zero attached hydrogens (tertiary/aromatic N) is 1. The van der Waals surface area contributed by atoms with Gasteiger partial charge in [-0.15, -0.1) is 0 Å². The molecule has 3 N–H and O–H groups in total. The van der Waals surface area contributed by atoms with Crippen molar-refractivity contribution in [1.82, 2.24) is 15.5 Å². The van der Waals surface area contributed by atoms with Gasteiger partial charge in [0.05, 0.1) is 12.6 Å². The molecule has 0 spiro atoms. The van der Waals surface area contributed by atoms with Crippen molar-refractivity contribution in [3.8, 4) is 5.75 Å². The number of amides is 3. The molecule has 3 amide bonds.